The van der Waals surface area contributed by atoms with Crippen LogP contribution in [0.4, 0.5) is 23.1 Å². The van der Waals surface area contributed by atoms with E-state index in [9.17, 15) is 45.9 Å². The summed E-state index contributed by atoms with van der Waals surface area (Å²) in [6, 6.07) is 25.9. The number of thiazole rings is 1. The number of anilines is 1. The molecule has 0 bridgehead atoms. The van der Waals surface area contributed by atoms with Crippen molar-refractivity contribution in [2.45, 2.75) is 48.9 Å². The van der Waals surface area contributed by atoms with Gasteiger partial charge in [-0.15, -0.1) is 23.1 Å². The molecule has 2 atom stereocenters. The second-order valence-electron chi connectivity index (χ2n) is 13.8. The molecule has 3 amide bonds. The number of thioether (sulfide) groups is 1. The van der Waals surface area contributed by atoms with E-state index in [2.05, 4.69) is 25.0 Å². The largest absolute Gasteiger partial charge is 0.534 e. The topological polar surface area (TPSA) is 203 Å². The Morgan fingerprint density at radius 1 is 0.933 bits per heavy atom. The quantitative estimate of drug-likeness (QED) is 0.0257. The van der Waals surface area contributed by atoms with Crippen molar-refractivity contribution in [2.24, 2.45) is 5.16 Å². The lowest BCUT2D eigenvalue weighted by Gasteiger charge is -2.49. The summed E-state index contributed by atoms with van der Waals surface area (Å²) < 4.78 is 70.1. The smallest absolute Gasteiger partial charge is 0.477 e. The first-order valence-corrected chi connectivity index (χ1v) is 20.9. The molecule has 60 heavy (non-hydrogen) atoms. The van der Waals surface area contributed by atoms with Crippen LogP contribution in [0.3, 0.4) is 0 Å². The monoisotopic (exact) mass is 885 g/mol. The van der Waals surface area contributed by atoms with Gasteiger partial charge in [-0.25, -0.2) is 14.6 Å². The molecule has 0 saturated carbocycles. The number of aliphatic carboxylic acids is 1. The molecule has 1 saturated heterocycles. The maximum absolute atomic E-state index is 14.4. The molecule has 2 aliphatic rings. The number of carbonyl (C=O) groups is 4. The van der Waals surface area contributed by atoms with Crippen LogP contribution < -0.4 is 10.6 Å². The van der Waals surface area contributed by atoms with E-state index in [0.29, 0.717) is 22.8 Å². The number of oxime groups is 1. The van der Waals surface area contributed by atoms with Crippen LogP contribution in [0.5, 0.6) is 0 Å². The van der Waals surface area contributed by atoms with Gasteiger partial charge in [-0.05, 0) is 32.4 Å². The summed E-state index contributed by atoms with van der Waals surface area (Å²) in [5.74, 6) is -3.79. The molecule has 21 heteroatoms. The lowest BCUT2D eigenvalue weighted by molar-refractivity contribution is -0.150. The fourth-order valence-electron chi connectivity index (χ4n) is 6.04. The zero-order valence-electron chi connectivity index (χ0n) is 31.6. The van der Waals surface area contributed by atoms with Crippen LogP contribution in [0, 0.1) is 0 Å². The molecular formula is C39H34F3N5O10S3. The molecule has 1 aromatic heterocycles. The number of carboxylic acid groups (broad SMARTS) is 1. The standard InChI is InChI=1S/C39H34F3N5O10S3/c1-37(2,3)56-36(52)45-35-43-27(22-59-35)28(46-57-38(24-13-7-4-8-14-24,25-15-9-5-10-16-25)26-17-11-6-12-18-26)31(48)44-29-32(49)47-30(34(50)51)23(21-58-33(29)47)19-20-55-60(53,54)39(40,41)42/h4-20,22,29,33H,21H2,1-3H3,(H,44,48)(H,50,51)(H,43,45,52)/b20-19+,46-28+. The van der Waals surface area contributed by atoms with Crippen molar-refractivity contribution in [3.63, 3.8) is 0 Å². The van der Waals surface area contributed by atoms with Crippen LogP contribution in [0.1, 0.15) is 43.2 Å². The van der Waals surface area contributed by atoms with Crippen molar-refractivity contribution in [2.75, 3.05) is 11.1 Å². The van der Waals surface area contributed by atoms with Crippen LogP contribution >= 0.6 is 23.1 Å². The van der Waals surface area contributed by atoms with Gasteiger partial charge in [0.1, 0.15) is 34.7 Å². The predicted octanol–water partition coefficient (Wildman–Crippen LogP) is 6.32. The van der Waals surface area contributed by atoms with E-state index in [1.165, 1.54) is 5.38 Å². The fourth-order valence-corrected chi connectivity index (χ4v) is 8.35. The maximum Gasteiger partial charge on any atom is 0.534 e. The average molecular weight is 886 g/mol. The van der Waals surface area contributed by atoms with E-state index < -0.39 is 73.5 Å². The molecule has 1 fully saturated rings. The van der Waals surface area contributed by atoms with Crippen molar-refractivity contribution in [1.29, 1.82) is 0 Å². The van der Waals surface area contributed by atoms with Crippen molar-refractivity contribution < 1.29 is 59.6 Å². The number of aromatic nitrogens is 1. The number of allylic oxidation sites excluding steroid dienone is 1. The minimum absolute atomic E-state index is 0.0257. The maximum atomic E-state index is 14.4. The lowest BCUT2D eigenvalue weighted by atomic mass is 9.80. The van der Waals surface area contributed by atoms with Gasteiger partial charge >= 0.3 is 27.7 Å². The zero-order valence-corrected chi connectivity index (χ0v) is 34.0. The van der Waals surface area contributed by atoms with E-state index in [0.717, 1.165) is 28.0 Å². The number of halogens is 3. The predicted molar refractivity (Wildman–Crippen MR) is 214 cm³/mol. The lowest BCUT2D eigenvalue weighted by Crippen LogP contribution is -2.71. The van der Waals surface area contributed by atoms with Crippen LogP contribution in [0.15, 0.2) is 125 Å². The first-order chi connectivity index (χ1) is 28.3. The van der Waals surface area contributed by atoms with E-state index in [-0.39, 0.29) is 28.4 Å². The third-order valence-corrected chi connectivity index (χ3v) is 11.6. The molecule has 3 aromatic carbocycles. The third-order valence-electron chi connectivity index (χ3n) is 8.61. The molecule has 3 heterocycles. The zero-order chi connectivity index (χ0) is 43.5. The second-order valence-corrected chi connectivity index (χ2v) is 17.3. The molecule has 0 aliphatic carbocycles. The number of alkyl halides is 3. The highest BCUT2D eigenvalue weighted by Gasteiger charge is 2.54. The number of fused-ring (bicyclic) bond motifs is 1. The summed E-state index contributed by atoms with van der Waals surface area (Å²) >= 11 is 1.87. The summed E-state index contributed by atoms with van der Waals surface area (Å²) in [5.41, 5.74) is -7.60. The average Bonchev–Trinajstić information content (AvgIpc) is 3.65. The van der Waals surface area contributed by atoms with E-state index in [4.69, 9.17) is 9.57 Å². The highest BCUT2D eigenvalue weighted by molar-refractivity contribution is 8.00. The minimum atomic E-state index is -6.03. The summed E-state index contributed by atoms with van der Waals surface area (Å²) in [4.78, 5) is 64.6. The first-order valence-electron chi connectivity index (χ1n) is 17.6. The highest BCUT2D eigenvalue weighted by atomic mass is 32.2. The molecule has 2 unspecified atom stereocenters. The second kappa shape index (κ2) is 17.2. The van der Waals surface area contributed by atoms with E-state index in [1.807, 2.05) is 54.6 Å². The molecule has 314 valence electrons. The van der Waals surface area contributed by atoms with Gasteiger partial charge in [0.05, 0.1) is 0 Å². The molecule has 2 aliphatic heterocycles. The summed E-state index contributed by atoms with van der Waals surface area (Å²) in [6.45, 7) is 5.01. The molecule has 0 radical (unpaired) electrons. The number of hydrogen-bond acceptors (Lipinski definition) is 13. The number of carboxylic acids is 1. The van der Waals surface area contributed by atoms with Crippen LogP contribution in [0.25, 0.3) is 0 Å². The normalized spacial score (nSPS) is 17.4. The number of nitrogens with zero attached hydrogens (tertiary/aromatic N) is 3. The molecular weight excluding hydrogens is 852 g/mol. The number of carbonyl (C=O) groups excluding carboxylic acids is 3. The van der Waals surface area contributed by atoms with Crippen molar-refractivity contribution in [1.82, 2.24) is 15.2 Å². The van der Waals surface area contributed by atoms with Gasteiger partial charge in [0.15, 0.2) is 10.8 Å². The van der Waals surface area contributed by atoms with Gasteiger partial charge in [0, 0.05) is 27.8 Å². The molecule has 0 spiro atoms. The Kier molecular flexibility index (Phi) is 12.4. The molecule has 4 aromatic rings. The molecule has 15 nitrogen and oxygen atoms in total. The highest BCUT2D eigenvalue weighted by Crippen LogP contribution is 2.42. The van der Waals surface area contributed by atoms with Crippen LogP contribution in [0.2, 0.25) is 0 Å². The Hall–Kier alpha value is -6.19. The number of nitrogens with one attached hydrogen (secondary N) is 2. The summed E-state index contributed by atoms with van der Waals surface area (Å²) in [7, 11) is -6.03. The number of β-lactam (4-membered cyclic amide) rings is 1. The van der Waals surface area contributed by atoms with Gasteiger partial charge in [-0.2, -0.15) is 21.6 Å². The Bertz CT molecular complexity index is 2380. The number of ether oxygens (including phenoxy) is 1. The fraction of sp³-hybridized carbons (Fsp3) is 0.231. The molecule has 3 N–H and O–H groups in total. The van der Waals surface area contributed by atoms with Crippen molar-refractivity contribution in [3.05, 3.63) is 142 Å². The Morgan fingerprint density at radius 3 is 1.98 bits per heavy atom. The van der Waals surface area contributed by atoms with Gasteiger partial charge in [-0.1, -0.05) is 96.2 Å². The van der Waals surface area contributed by atoms with Gasteiger partial charge in [0.25, 0.3) is 11.8 Å². The van der Waals surface area contributed by atoms with Crippen LogP contribution in [-0.2, 0) is 43.9 Å². The van der Waals surface area contributed by atoms with Gasteiger partial charge in [-0.3, -0.25) is 19.8 Å². The summed E-state index contributed by atoms with van der Waals surface area (Å²) in [5, 5.41) is 19.9. The number of hydrogen-bond donors (Lipinski definition) is 3. The minimum Gasteiger partial charge on any atom is -0.477 e. The number of amides is 3. The first kappa shape index (κ1) is 43.4. The number of benzene rings is 3. The molecule has 6 rings (SSSR count). The Balaban J connectivity index is 1.36. The van der Waals surface area contributed by atoms with E-state index in [1.54, 1.807) is 57.2 Å². The SMILES string of the molecule is CC(C)(C)OC(=O)Nc1nc(/C(=N\OC(c2ccccc2)(c2ccccc2)c2ccccc2)C(=O)NC2C(=O)N3C(C(=O)O)=C(/C=C/OS(=O)(=O)C(F)(F)F)CSC23)cs1. The van der Waals surface area contributed by atoms with E-state index >= 15 is 0 Å². The Morgan fingerprint density at radius 2 is 1.48 bits per heavy atom. The summed E-state index contributed by atoms with van der Waals surface area (Å²) in [6.07, 6.45) is 0.0354. The van der Waals surface area contributed by atoms with Crippen molar-refractivity contribution >= 4 is 67.9 Å². The third kappa shape index (κ3) is 9.16. The van der Waals surface area contributed by atoms with Crippen LogP contribution in [-0.4, -0.2) is 81.3 Å². The Labute approximate surface area is 349 Å². The van der Waals surface area contributed by atoms with Gasteiger partial charge < -0.3 is 24.2 Å². The van der Waals surface area contributed by atoms with Crippen molar-refractivity contribution in [3.8, 4) is 0 Å². The van der Waals surface area contributed by atoms with Gasteiger partial charge in [0.2, 0.25) is 5.60 Å². The number of rotatable bonds is 13.